The number of amides is 2. The monoisotopic (exact) mass is 371 g/mol. The molecule has 1 rings (SSSR count). The van der Waals surface area contributed by atoms with Crippen LogP contribution >= 0.6 is 23.9 Å². The third-order valence-corrected chi connectivity index (χ3v) is 3.96. The molecule has 0 aliphatic carbocycles. The number of hydrogen-bond acceptors (Lipinski definition) is 8. The van der Waals surface area contributed by atoms with Crippen LogP contribution in [0.1, 0.15) is 17.3 Å². The zero-order valence-electron chi connectivity index (χ0n) is 13.6. The number of hydrogen-bond donors (Lipinski definition) is 0. The molecule has 0 unspecified atom stereocenters. The number of nitrogens with zero attached hydrogens (tertiary/aromatic N) is 3. The van der Waals surface area contributed by atoms with Gasteiger partial charge < -0.3 is 4.74 Å². The van der Waals surface area contributed by atoms with Gasteiger partial charge in [-0.05, 0) is 25.3 Å². The Morgan fingerprint density at radius 1 is 1.21 bits per heavy atom. The SMILES string of the molecule is CSC(C)=NOC(=O)N(C)SN(C)C(=O)Oc1cccc(C=O)c1. The van der Waals surface area contributed by atoms with Crippen molar-refractivity contribution in [2.75, 3.05) is 20.4 Å². The number of aldehydes is 1. The van der Waals surface area contributed by atoms with E-state index < -0.39 is 12.2 Å². The molecule has 130 valence electrons. The fourth-order valence-corrected chi connectivity index (χ4v) is 1.95. The molecule has 0 fully saturated rings. The van der Waals surface area contributed by atoms with Gasteiger partial charge in [0.1, 0.15) is 17.1 Å². The minimum absolute atomic E-state index is 0.225. The Labute approximate surface area is 148 Å². The molecule has 1 aromatic carbocycles. The van der Waals surface area contributed by atoms with Crippen LogP contribution in [-0.2, 0) is 4.84 Å². The number of rotatable bonds is 5. The Morgan fingerprint density at radius 3 is 2.50 bits per heavy atom. The van der Waals surface area contributed by atoms with Crippen LogP contribution in [-0.4, -0.2) is 52.5 Å². The summed E-state index contributed by atoms with van der Waals surface area (Å²) in [7, 11) is 2.85. The Hall–Kier alpha value is -2.20. The summed E-state index contributed by atoms with van der Waals surface area (Å²) in [6.07, 6.45) is 0.994. The number of benzene rings is 1. The van der Waals surface area contributed by atoms with Crippen LogP contribution in [0, 0.1) is 0 Å². The largest absolute Gasteiger partial charge is 0.447 e. The molecule has 0 saturated carbocycles. The second kappa shape index (κ2) is 9.83. The Kier molecular flexibility index (Phi) is 8.13. The highest BCUT2D eigenvalue weighted by molar-refractivity contribution is 8.13. The summed E-state index contributed by atoms with van der Waals surface area (Å²) in [4.78, 5) is 39.1. The van der Waals surface area contributed by atoms with Gasteiger partial charge in [-0.2, -0.15) is 0 Å². The van der Waals surface area contributed by atoms with Crippen molar-refractivity contribution in [2.45, 2.75) is 6.92 Å². The van der Waals surface area contributed by atoms with Crippen LogP contribution in [0.15, 0.2) is 29.4 Å². The van der Waals surface area contributed by atoms with Gasteiger partial charge in [0, 0.05) is 19.7 Å². The lowest BCUT2D eigenvalue weighted by Gasteiger charge is -2.20. The summed E-state index contributed by atoms with van der Waals surface area (Å²) in [6.45, 7) is 1.70. The molecule has 0 bridgehead atoms. The molecule has 0 N–H and O–H groups in total. The standard InChI is InChI=1S/C14H17N3O5S2/c1-10(23-4)15-22-14(20)17(3)24-16(2)13(19)21-12-7-5-6-11(8-12)9-18/h5-9H,1-4H3. The molecule has 10 heteroatoms. The Morgan fingerprint density at radius 2 is 1.88 bits per heavy atom. The van der Waals surface area contributed by atoms with Gasteiger partial charge in [0.05, 0.1) is 12.1 Å². The van der Waals surface area contributed by atoms with Crippen molar-refractivity contribution in [1.82, 2.24) is 8.61 Å². The molecular formula is C14H17N3O5S2. The minimum Gasteiger partial charge on any atom is -0.410 e. The maximum atomic E-state index is 12.0. The molecule has 0 radical (unpaired) electrons. The maximum Gasteiger partial charge on any atom is 0.447 e. The number of thioether (sulfide) groups is 1. The van der Waals surface area contributed by atoms with E-state index in [9.17, 15) is 14.4 Å². The zero-order valence-corrected chi connectivity index (χ0v) is 15.2. The summed E-state index contributed by atoms with van der Waals surface area (Å²) in [5.41, 5.74) is 0.387. The first kappa shape index (κ1) is 19.8. The van der Waals surface area contributed by atoms with Crippen molar-refractivity contribution >= 4 is 47.4 Å². The minimum atomic E-state index is -0.740. The van der Waals surface area contributed by atoms with Gasteiger partial charge >= 0.3 is 12.2 Å². The van der Waals surface area contributed by atoms with E-state index in [1.54, 1.807) is 31.4 Å². The second-order valence-corrected chi connectivity index (χ2v) is 6.56. The van der Waals surface area contributed by atoms with E-state index in [-0.39, 0.29) is 5.75 Å². The Balaban J connectivity index is 2.56. The van der Waals surface area contributed by atoms with Crippen LogP contribution in [0.5, 0.6) is 5.75 Å². The van der Waals surface area contributed by atoms with E-state index in [0.717, 1.165) is 20.7 Å². The molecule has 8 nitrogen and oxygen atoms in total. The van der Waals surface area contributed by atoms with Gasteiger partial charge in [0.2, 0.25) is 0 Å². The highest BCUT2D eigenvalue weighted by Gasteiger charge is 2.19. The topological polar surface area (TPSA) is 88.5 Å². The van der Waals surface area contributed by atoms with E-state index in [1.165, 1.54) is 31.9 Å². The number of oxime groups is 1. The average molecular weight is 371 g/mol. The highest BCUT2D eigenvalue weighted by atomic mass is 32.2. The molecule has 0 atom stereocenters. The first-order chi connectivity index (χ1) is 11.4. The molecule has 24 heavy (non-hydrogen) atoms. The van der Waals surface area contributed by atoms with Crippen LogP contribution in [0.25, 0.3) is 0 Å². The summed E-state index contributed by atoms with van der Waals surface area (Å²) in [5.74, 6) is 0.225. The summed E-state index contributed by atoms with van der Waals surface area (Å²) < 4.78 is 7.29. The molecular weight excluding hydrogens is 354 g/mol. The third-order valence-electron chi connectivity index (χ3n) is 2.51. The van der Waals surface area contributed by atoms with Crippen LogP contribution in [0.4, 0.5) is 9.59 Å². The van der Waals surface area contributed by atoms with Gasteiger partial charge in [-0.1, -0.05) is 17.3 Å². The van der Waals surface area contributed by atoms with Gasteiger partial charge in [0.25, 0.3) is 0 Å². The molecule has 0 heterocycles. The summed E-state index contributed by atoms with van der Waals surface area (Å²) >= 11 is 2.12. The molecule has 2 amide bonds. The van der Waals surface area contributed by atoms with E-state index in [2.05, 4.69) is 5.16 Å². The van der Waals surface area contributed by atoms with E-state index >= 15 is 0 Å². The molecule has 0 aliphatic rings. The van der Waals surface area contributed by atoms with Crippen molar-refractivity contribution in [3.8, 4) is 5.75 Å². The average Bonchev–Trinajstić information content (AvgIpc) is 2.59. The molecule has 0 aromatic heterocycles. The quantitative estimate of drug-likeness (QED) is 0.196. The van der Waals surface area contributed by atoms with Crippen molar-refractivity contribution in [1.29, 1.82) is 0 Å². The lowest BCUT2D eigenvalue weighted by molar-refractivity contribution is 0.112. The number of carbonyl (C=O) groups is 3. The molecule has 1 aromatic rings. The Bertz CT molecular complexity index is 639. The molecule has 0 saturated heterocycles. The predicted octanol–water partition coefficient (Wildman–Crippen LogP) is 3.26. The highest BCUT2D eigenvalue weighted by Crippen LogP contribution is 2.18. The smallest absolute Gasteiger partial charge is 0.410 e. The zero-order chi connectivity index (χ0) is 18.1. The normalized spacial score (nSPS) is 10.8. The van der Waals surface area contributed by atoms with Crippen LogP contribution in [0.3, 0.4) is 0 Å². The lowest BCUT2D eigenvalue weighted by atomic mass is 10.2. The summed E-state index contributed by atoms with van der Waals surface area (Å²) in [5, 5.41) is 4.20. The van der Waals surface area contributed by atoms with Crippen molar-refractivity contribution in [2.24, 2.45) is 5.16 Å². The van der Waals surface area contributed by atoms with E-state index in [0.29, 0.717) is 16.9 Å². The fraction of sp³-hybridized carbons (Fsp3) is 0.286. The second-order valence-electron chi connectivity index (χ2n) is 4.31. The number of ether oxygens (including phenoxy) is 1. The van der Waals surface area contributed by atoms with Crippen LogP contribution < -0.4 is 4.74 Å². The first-order valence-corrected chi connectivity index (χ1v) is 8.55. The van der Waals surface area contributed by atoms with Gasteiger partial charge in [-0.15, -0.1) is 11.8 Å². The lowest BCUT2D eigenvalue weighted by Crippen LogP contribution is -2.30. The van der Waals surface area contributed by atoms with Gasteiger partial charge in [-0.3, -0.25) is 9.63 Å². The number of carbonyl (C=O) groups excluding carboxylic acids is 3. The fourth-order valence-electron chi connectivity index (χ4n) is 1.26. The van der Waals surface area contributed by atoms with Crippen molar-refractivity contribution in [3.05, 3.63) is 29.8 Å². The van der Waals surface area contributed by atoms with E-state index in [4.69, 9.17) is 9.57 Å². The molecule has 0 spiro atoms. The predicted molar refractivity (Wildman–Crippen MR) is 94.1 cm³/mol. The van der Waals surface area contributed by atoms with Gasteiger partial charge in [0.15, 0.2) is 0 Å². The summed E-state index contributed by atoms with van der Waals surface area (Å²) in [6, 6.07) is 6.15. The maximum absolute atomic E-state index is 12.0. The third kappa shape index (κ3) is 6.50. The van der Waals surface area contributed by atoms with Gasteiger partial charge in [-0.25, -0.2) is 18.2 Å². The molecule has 0 aliphatic heterocycles. The van der Waals surface area contributed by atoms with Crippen LogP contribution in [0.2, 0.25) is 0 Å². The van der Waals surface area contributed by atoms with Crippen molar-refractivity contribution < 1.29 is 24.0 Å². The van der Waals surface area contributed by atoms with E-state index in [1.807, 2.05) is 0 Å². The first-order valence-electron chi connectivity index (χ1n) is 6.59. The van der Waals surface area contributed by atoms with Crippen molar-refractivity contribution in [3.63, 3.8) is 0 Å².